The lowest BCUT2D eigenvalue weighted by molar-refractivity contribution is -0.505. The fourth-order valence-corrected chi connectivity index (χ4v) is 3.59. The van der Waals surface area contributed by atoms with Crippen molar-refractivity contribution in [3.63, 3.8) is 0 Å². The highest BCUT2D eigenvalue weighted by atomic mass is 16.6. The van der Waals surface area contributed by atoms with E-state index in [1.807, 2.05) is 0 Å². The molecule has 0 aromatic rings. The number of hydrogen-bond donors (Lipinski definition) is 0. The van der Waals surface area contributed by atoms with Gasteiger partial charge in [0.2, 0.25) is 6.54 Å². The number of methoxy groups -OCH3 is 1. The van der Waals surface area contributed by atoms with Gasteiger partial charge in [-0.15, -0.1) is 0 Å². The highest BCUT2D eigenvalue weighted by Crippen LogP contribution is 2.60. The molecule has 5 nitrogen and oxygen atoms in total. The molecule has 0 spiro atoms. The zero-order valence-electron chi connectivity index (χ0n) is 10.8. The van der Waals surface area contributed by atoms with Gasteiger partial charge in [-0.2, -0.15) is 0 Å². The number of fused-ring (bicyclic) bond motifs is 1. The van der Waals surface area contributed by atoms with Crippen molar-refractivity contribution >= 4 is 5.97 Å². The molecular formula is C13H19NO4. The Bertz CT molecular complexity index is 404. The van der Waals surface area contributed by atoms with Crippen molar-refractivity contribution in [2.45, 2.75) is 32.6 Å². The monoisotopic (exact) mass is 253 g/mol. The van der Waals surface area contributed by atoms with E-state index in [4.69, 9.17) is 0 Å². The third kappa shape index (κ3) is 2.13. The van der Waals surface area contributed by atoms with Crippen LogP contribution in [0.3, 0.4) is 0 Å². The number of carbonyl (C=O) groups is 1. The molecule has 0 aromatic carbocycles. The number of rotatable bonds is 5. The summed E-state index contributed by atoms with van der Waals surface area (Å²) in [6, 6.07) is 0. The van der Waals surface area contributed by atoms with Crippen LogP contribution in [0.1, 0.15) is 32.6 Å². The van der Waals surface area contributed by atoms with Gasteiger partial charge in [-0.05, 0) is 31.1 Å². The third-order valence-corrected chi connectivity index (χ3v) is 4.45. The van der Waals surface area contributed by atoms with E-state index in [-0.39, 0.29) is 29.8 Å². The molecule has 2 aliphatic rings. The van der Waals surface area contributed by atoms with Gasteiger partial charge in [0, 0.05) is 4.92 Å². The molecule has 0 bridgehead atoms. The number of esters is 1. The normalized spacial score (nSPS) is 33.3. The topological polar surface area (TPSA) is 69.4 Å². The van der Waals surface area contributed by atoms with Crippen molar-refractivity contribution in [2.75, 3.05) is 13.7 Å². The number of allylic oxidation sites excluding steroid dienone is 2. The van der Waals surface area contributed by atoms with Gasteiger partial charge in [0.1, 0.15) is 0 Å². The van der Waals surface area contributed by atoms with E-state index in [2.05, 4.69) is 17.7 Å². The Hall–Kier alpha value is -1.39. The third-order valence-electron chi connectivity index (χ3n) is 4.45. The summed E-state index contributed by atoms with van der Waals surface area (Å²) in [5.74, 6) is 0.357. The number of nitrogens with zero attached hydrogens (tertiary/aromatic N) is 1. The number of carbonyl (C=O) groups excluding carboxylic acids is 1. The second-order valence-corrected chi connectivity index (χ2v) is 5.48. The second-order valence-electron chi connectivity index (χ2n) is 5.48. The van der Waals surface area contributed by atoms with Crippen molar-refractivity contribution in [3.8, 4) is 0 Å². The first kappa shape index (κ1) is 13.1. The van der Waals surface area contributed by atoms with Crippen molar-refractivity contribution in [1.82, 2.24) is 0 Å². The summed E-state index contributed by atoms with van der Waals surface area (Å²) in [5, 5.41) is 10.8. The van der Waals surface area contributed by atoms with Gasteiger partial charge in [-0.1, -0.05) is 18.6 Å². The molecule has 18 heavy (non-hydrogen) atoms. The Morgan fingerprint density at radius 1 is 1.67 bits per heavy atom. The van der Waals surface area contributed by atoms with Crippen LogP contribution in [-0.2, 0) is 9.53 Å². The second kappa shape index (κ2) is 4.71. The van der Waals surface area contributed by atoms with Gasteiger partial charge in [-0.3, -0.25) is 14.9 Å². The molecule has 0 N–H and O–H groups in total. The first-order valence-electron chi connectivity index (χ1n) is 6.39. The van der Waals surface area contributed by atoms with Crippen LogP contribution in [0.15, 0.2) is 11.6 Å². The summed E-state index contributed by atoms with van der Waals surface area (Å²) in [5.41, 5.74) is 0.873. The summed E-state index contributed by atoms with van der Waals surface area (Å²) in [6.45, 7) is 1.98. The van der Waals surface area contributed by atoms with Crippen LogP contribution >= 0.6 is 0 Å². The fourth-order valence-electron chi connectivity index (χ4n) is 3.59. The highest BCUT2D eigenvalue weighted by molar-refractivity contribution is 5.70. The van der Waals surface area contributed by atoms with Gasteiger partial charge in [0.15, 0.2) is 0 Å². The fraction of sp³-hybridized carbons (Fsp3) is 0.769. The number of hydrogen-bond acceptors (Lipinski definition) is 4. The molecule has 0 radical (unpaired) electrons. The predicted molar refractivity (Wildman–Crippen MR) is 65.5 cm³/mol. The maximum Gasteiger partial charge on any atom is 0.306 e. The van der Waals surface area contributed by atoms with E-state index in [1.165, 1.54) is 12.7 Å². The van der Waals surface area contributed by atoms with Crippen molar-refractivity contribution in [3.05, 3.63) is 21.8 Å². The van der Waals surface area contributed by atoms with Crippen LogP contribution in [0.2, 0.25) is 0 Å². The summed E-state index contributed by atoms with van der Waals surface area (Å²) < 4.78 is 4.68. The van der Waals surface area contributed by atoms with E-state index < -0.39 is 5.41 Å². The molecule has 0 aliphatic heterocycles. The zero-order valence-corrected chi connectivity index (χ0v) is 10.8. The van der Waals surface area contributed by atoms with Gasteiger partial charge in [0.05, 0.1) is 18.9 Å². The molecule has 3 atom stereocenters. The molecule has 0 saturated heterocycles. The van der Waals surface area contributed by atoms with E-state index in [0.717, 1.165) is 19.3 Å². The highest BCUT2D eigenvalue weighted by Gasteiger charge is 2.58. The van der Waals surface area contributed by atoms with Crippen molar-refractivity contribution in [2.24, 2.45) is 17.3 Å². The van der Waals surface area contributed by atoms with Crippen LogP contribution in [-0.4, -0.2) is 24.5 Å². The summed E-state index contributed by atoms with van der Waals surface area (Å²) in [7, 11) is 1.33. The first-order valence-corrected chi connectivity index (χ1v) is 6.39. The van der Waals surface area contributed by atoms with E-state index in [9.17, 15) is 14.9 Å². The molecule has 0 amide bonds. The zero-order chi connectivity index (χ0) is 13.3. The minimum atomic E-state index is -0.502. The largest absolute Gasteiger partial charge is 0.469 e. The average molecular weight is 253 g/mol. The van der Waals surface area contributed by atoms with Gasteiger partial charge in [-0.25, -0.2) is 0 Å². The molecule has 100 valence electrons. The molecule has 3 unspecified atom stereocenters. The lowest BCUT2D eigenvalue weighted by atomic mass is 9.53. The SMILES string of the molecule is CCC1=CC2C(C1)CC2(CC(=O)OC)C[N+](=O)[O-]. The van der Waals surface area contributed by atoms with E-state index in [1.54, 1.807) is 0 Å². The Balaban J connectivity index is 2.15. The van der Waals surface area contributed by atoms with E-state index in [0.29, 0.717) is 5.92 Å². The smallest absolute Gasteiger partial charge is 0.306 e. The molecular weight excluding hydrogens is 234 g/mol. The number of ether oxygens (including phenoxy) is 1. The van der Waals surface area contributed by atoms with Crippen molar-refractivity contribution in [1.29, 1.82) is 0 Å². The Morgan fingerprint density at radius 2 is 2.39 bits per heavy atom. The maximum absolute atomic E-state index is 11.5. The van der Waals surface area contributed by atoms with Gasteiger partial charge < -0.3 is 4.74 Å². The Kier molecular flexibility index (Phi) is 3.41. The molecule has 1 saturated carbocycles. The lowest BCUT2D eigenvalue weighted by Crippen LogP contribution is -2.51. The van der Waals surface area contributed by atoms with Crippen LogP contribution in [0, 0.1) is 27.4 Å². The van der Waals surface area contributed by atoms with Crippen LogP contribution in [0.25, 0.3) is 0 Å². The Morgan fingerprint density at radius 3 is 2.94 bits per heavy atom. The quantitative estimate of drug-likeness (QED) is 0.326. The molecule has 2 rings (SSSR count). The van der Waals surface area contributed by atoms with Crippen LogP contribution in [0.4, 0.5) is 0 Å². The summed E-state index contributed by atoms with van der Waals surface area (Å²) in [4.78, 5) is 22.0. The standard InChI is InChI=1S/C13H19NO4/c1-3-9-4-10-6-13(8-14(16)17,11(10)5-9)7-12(15)18-2/h5,10-11H,3-4,6-8H2,1-2H3. The van der Waals surface area contributed by atoms with Crippen LogP contribution < -0.4 is 0 Å². The predicted octanol–water partition coefficient (Wildman–Crippen LogP) is 2.19. The lowest BCUT2D eigenvalue weighted by Gasteiger charge is -2.49. The molecule has 0 heterocycles. The molecule has 1 fully saturated rings. The summed E-state index contributed by atoms with van der Waals surface area (Å²) >= 11 is 0. The minimum absolute atomic E-state index is 0.128. The number of nitro groups is 1. The summed E-state index contributed by atoms with van der Waals surface area (Å²) in [6.07, 6.45) is 5.15. The van der Waals surface area contributed by atoms with Gasteiger partial charge >= 0.3 is 5.97 Å². The molecule has 0 aromatic heterocycles. The Labute approximate surface area is 106 Å². The molecule has 5 heteroatoms. The average Bonchev–Trinajstić information content (AvgIpc) is 2.65. The minimum Gasteiger partial charge on any atom is -0.469 e. The maximum atomic E-state index is 11.5. The van der Waals surface area contributed by atoms with Gasteiger partial charge in [0.25, 0.3) is 0 Å². The first-order chi connectivity index (χ1) is 8.50. The van der Waals surface area contributed by atoms with E-state index >= 15 is 0 Å². The van der Waals surface area contributed by atoms with Crippen molar-refractivity contribution < 1.29 is 14.5 Å². The molecule has 2 aliphatic carbocycles. The van der Waals surface area contributed by atoms with Crippen LogP contribution in [0.5, 0.6) is 0 Å².